The van der Waals surface area contributed by atoms with Gasteiger partial charge >= 0.3 is 0 Å². The number of carbonyl (C=O) groups excluding carboxylic acids is 2. The van der Waals surface area contributed by atoms with Gasteiger partial charge in [0.15, 0.2) is 0 Å². The fourth-order valence-electron chi connectivity index (χ4n) is 3.18. The second kappa shape index (κ2) is 8.48. The fraction of sp³-hybridized carbons (Fsp3) is 0.400. The molecule has 7 heteroatoms. The van der Waals surface area contributed by atoms with Crippen molar-refractivity contribution in [2.75, 3.05) is 26.2 Å². The molecule has 3 rings (SSSR count). The summed E-state index contributed by atoms with van der Waals surface area (Å²) in [5.41, 5.74) is 3.00. The molecule has 2 heterocycles. The highest BCUT2D eigenvalue weighted by atomic mass is 35.5. The summed E-state index contributed by atoms with van der Waals surface area (Å²) in [6.07, 6.45) is 1.01. The average Bonchev–Trinajstić information content (AvgIpc) is 2.69. The van der Waals surface area contributed by atoms with Crippen LogP contribution in [0.15, 0.2) is 30.3 Å². The molecule has 1 aromatic heterocycles. The normalized spacial score (nSPS) is 14.3. The van der Waals surface area contributed by atoms with E-state index < -0.39 is 0 Å². The third-order valence-electron chi connectivity index (χ3n) is 4.75. The van der Waals surface area contributed by atoms with Crippen molar-refractivity contribution in [1.29, 1.82) is 0 Å². The molecule has 0 spiro atoms. The minimum Gasteiger partial charge on any atom is -0.339 e. The first-order chi connectivity index (χ1) is 13.0. The van der Waals surface area contributed by atoms with E-state index in [2.05, 4.69) is 10.2 Å². The van der Waals surface area contributed by atoms with Crippen LogP contribution in [0.5, 0.6) is 0 Å². The standard InChI is InChI=1S/C20H23ClN4O2/c1-3-18-17(12-14(2)22-23-18)20(27)25-10-8-24(9-11-25)19(26)13-15-4-6-16(21)7-5-15/h4-7,12H,3,8-11,13H2,1-2H3. The van der Waals surface area contributed by atoms with Crippen molar-refractivity contribution in [2.24, 2.45) is 0 Å². The number of rotatable bonds is 4. The van der Waals surface area contributed by atoms with Gasteiger partial charge < -0.3 is 9.80 Å². The lowest BCUT2D eigenvalue weighted by Gasteiger charge is -2.35. The molecule has 1 fully saturated rings. The number of benzene rings is 1. The molecule has 2 amide bonds. The molecule has 1 aliphatic rings. The van der Waals surface area contributed by atoms with E-state index in [1.54, 1.807) is 23.1 Å². The molecular weight excluding hydrogens is 364 g/mol. The molecule has 0 atom stereocenters. The van der Waals surface area contributed by atoms with E-state index in [-0.39, 0.29) is 11.8 Å². The topological polar surface area (TPSA) is 66.4 Å². The minimum atomic E-state index is -0.0327. The molecule has 0 aliphatic carbocycles. The maximum atomic E-state index is 12.9. The van der Waals surface area contributed by atoms with Gasteiger partial charge in [0.2, 0.25) is 5.91 Å². The zero-order valence-electron chi connectivity index (χ0n) is 15.6. The van der Waals surface area contributed by atoms with E-state index >= 15 is 0 Å². The number of aromatic nitrogens is 2. The molecule has 0 bridgehead atoms. The lowest BCUT2D eigenvalue weighted by molar-refractivity contribution is -0.131. The molecule has 0 saturated carbocycles. The number of nitrogens with zero attached hydrogens (tertiary/aromatic N) is 4. The van der Waals surface area contributed by atoms with Gasteiger partial charge in [0.1, 0.15) is 0 Å². The molecule has 1 aliphatic heterocycles. The molecule has 1 aromatic carbocycles. The number of piperazine rings is 1. The molecule has 0 N–H and O–H groups in total. The van der Waals surface area contributed by atoms with Crippen molar-refractivity contribution in [3.8, 4) is 0 Å². The zero-order chi connectivity index (χ0) is 19.4. The van der Waals surface area contributed by atoms with Gasteiger partial charge in [0, 0.05) is 31.2 Å². The third-order valence-corrected chi connectivity index (χ3v) is 5.00. The van der Waals surface area contributed by atoms with Gasteiger partial charge in [-0.3, -0.25) is 9.59 Å². The highest BCUT2D eigenvalue weighted by molar-refractivity contribution is 6.30. The minimum absolute atomic E-state index is 0.0327. The summed E-state index contributed by atoms with van der Waals surface area (Å²) >= 11 is 5.88. The van der Waals surface area contributed by atoms with Crippen LogP contribution in [0.25, 0.3) is 0 Å². The van der Waals surface area contributed by atoms with E-state index in [9.17, 15) is 9.59 Å². The molecular formula is C20H23ClN4O2. The summed E-state index contributed by atoms with van der Waals surface area (Å²) in [6, 6.07) is 9.11. The Morgan fingerprint density at radius 1 is 1.04 bits per heavy atom. The van der Waals surface area contributed by atoms with Crippen LogP contribution >= 0.6 is 11.6 Å². The lowest BCUT2D eigenvalue weighted by atomic mass is 10.1. The largest absolute Gasteiger partial charge is 0.339 e. The predicted octanol–water partition coefficient (Wildman–Crippen LogP) is 2.53. The summed E-state index contributed by atoms with van der Waals surface area (Å²) in [7, 11) is 0. The Balaban J connectivity index is 1.60. The molecule has 1 saturated heterocycles. The Morgan fingerprint density at radius 3 is 2.30 bits per heavy atom. The number of halogens is 1. The zero-order valence-corrected chi connectivity index (χ0v) is 16.4. The van der Waals surface area contributed by atoms with Gasteiger partial charge in [-0.15, -0.1) is 0 Å². The van der Waals surface area contributed by atoms with Crippen molar-refractivity contribution >= 4 is 23.4 Å². The first-order valence-corrected chi connectivity index (χ1v) is 9.50. The highest BCUT2D eigenvalue weighted by Gasteiger charge is 2.26. The third kappa shape index (κ3) is 4.63. The van der Waals surface area contributed by atoms with Crippen molar-refractivity contribution in [3.05, 3.63) is 57.9 Å². The van der Waals surface area contributed by atoms with Gasteiger partial charge in [-0.05, 0) is 37.1 Å². The van der Waals surface area contributed by atoms with Crippen LogP contribution in [0.3, 0.4) is 0 Å². The molecule has 2 aromatic rings. The van der Waals surface area contributed by atoms with E-state index in [0.29, 0.717) is 55.3 Å². The number of aryl methyl sites for hydroxylation is 2. The van der Waals surface area contributed by atoms with Gasteiger partial charge in [-0.2, -0.15) is 10.2 Å². The van der Waals surface area contributed by atoms with Crippen molar-refractivity contribution < 1.29 is 9.59 Å². The monoisotopic (exact) mass is 386 g/mol. The van der Waals surface area contributed by atoms with E-state index in [0.717, 1.165) is 11.3 Å². The Kier molecular flexibility index (Phi) is 6.06. The Hall–Kier alpha value is -2.47. The van der Waals surface area contributed by atoms with Gasteiger partial charge in [-0.1, -0.05) is 30.7 Å². The Morgan fingerprint density at radius 2 is 1.67 bits per heavy atom. The van der Waals surface area contributed by atoms with Crippen molar-refractivity contribution in [2.45, 2.75) is 26.7 Å². The number of hydrogen-bond acceptors (Lipinski definition) is 4. The van der Waals surface area contributed by atoms with Crippen LogP contribution in [-0.4, -0.2) is 58.0 Å². The molecule has 142 valence electrons. The van der Waals surface area contributed by atoms with E-state index in [4.69, 9.17) is 11.6 Å². The summed E-state index contributed by atoms with van der Waals surface area (Å²) in [5, 5.41) is 8.83. The number of amides is 2. The summed E-state index contributed by atoms with van der Waals surface area (Å²) in [5.74, 6) is 0.0368. The SMILES string of the molecule is CCc1nnc(C)cc1C(=O)N1CCN(C(=O)Cc2ccc(Cl)cc2)CC1. The summed E-state index contributed by atoms with van der Waals surface area (Å²) in [4.78, 5) is 29.0. The van der Waals surface area contributed by atoms with Crippen LogP contribution in [0, 0.1) is 6.92 Å². The quantitative estimate of drug-likeness (QED) is 0.809. The fourth-order valence-corrected chi connectivity index (χ4v) is 3.30. The van der Waals surface area contributed by atoms with Crippen LogP contribution in [0.1, 0.15) is 34.2 Å². The predicted molar refractivity (Wildman–Crippen MR) is 104 cm³/mol. The lowest BCUT2D eigenvalue weighted by Crippen LogP contribution is -2.51. The van der Waals surface area contributed by atoms with Gasteiger partial charge in [0.25, 0.3) is 5.91 Å². The maximum absolute atomic E-state index is 12.9. The van der Waals surface area contributed by atoms with E-state index in [1.165, 1.54) is 0 Å². The first kappa shape index (κ1) is 19.3. The van der Waals surface area contributed by atoms with Crippen LogP contribution in [0.2, 0.25) is 5.02 Å². The second-order valence-electron chi connectivity index (χ2n) is 6.68. The number of hydrogen-bond donors (Lipinski definition) is 0. The highest BCUT2D eigenvalue weighted by Crippen LogP contribution is 2.15. The molecule has 6 nitrogen and oxygen atoms in total. The first-order valence-electron chi connectivity index (χ1n) is 9.12. The summed E-state index contributed by atoms with van der Waals surface area (Å²) < 4.78 is 0. The Bertz CT molecular complexity index is 830. The van der Waals surface area contributed by atoms with E-state index in [1.807, 2.05) is 30.9 Å². The second-order valence-corrected chi connectivity index (χ2v) is 7.11. The molecule has 27 heavy (non-hydrogen) atoms. The Labute approximate surface area is 164 Å². The van der Waals surface area contributed by atoms with Crippen molar-refractivity contribution in [3.63, 3.8) is 0 Å². The summed E-state index contributed by atoms with van der Waals surface area (Å²) in [6.45, 7) is 5.92. The van der Waals surface area contributed by atoms with Crippen molar-refractivity contribution in [1.82, 2.24) is 20.0 Å². The maximum Gasteiger partial charge on any atom is 0.255 e. The smallest absolute Gasteiger partial charge is 0.255 e. The molecule has 0 radical (unpaired) electrons. The van der Waals surface area contributed by atoms with Gasteiger partial charge in [-0.25, -0.2) is 0 Å². The molecule has 0 unspecified atom stereocenters. The number of carbonyl (C=O) groups is 2. The van der Waals surface area contributed by atoms with Crippen LogP contribution < -0.4 is 0 Å². The average molecular weight is 387 g/mol. The van der Waals surface area contributed by atoms with Crippen LogP contribution in [0.4, 0.5) is 0 Å². The van der Waals surface area contributed by atoms with Crippen LogP contribution in [-0.2, 0) is 17.6 Å². The van der Waals surface area contributed by atoms with Gasteiger partial charge in [0.05, 0.1) is 23.4 Å².